The van der Waals surface area contributed by atoms with Crippen molar-refractivity contribution in [3.05, 3.63) is 59.7 Å². The summed E-state index contributed by atoms with van der Waals surface area (Å²) in [4.78, 5) is 12.0. The average Bonchev–Trinajstić information content (AvgIpc) is 3.12. The van der Waals surface area contributed by atoms with E-state index >= 15 is 0 Å². The maximum atomic E-state index is 13.6. The van der Waals surface area contributed by atoms with Gasteiger partial charge in [0.1, 0.15) is 17.4 Å². The van der Waals surface area contributed by atoms with Gasteiger partial charge in [-0.1, -0.05) is 11.8 Å². The van der Waals surface area contributed by atoms with Crippen LogP contribution in [0.1, 0.15) is 12.5 Å². The summed E-state index contributed by atoms with van der Waals surface area (Å²) in [6, 6.07) is 10.2. The van der Waals surface area contributed by atoms with E-state index in [1.807, 2.05) is 24.3 Å². The number of hydrogen-bond donors (Lipinski definition) is 3. The van der Waals surface area contributed by atoms with E-state index < -0.39 is 17.5 Å². The van der Waals surface area contributed by atoms with Gasteiger partial charge < -0.3 is 15.9 Å². The van der Waals surface area contributed by atoms with Gasteiger partial charge >= 0.3 is 0 Å². The van der Waals surface area contributed by atoms with Crippen molar-refractivity contribution in [2.24, 2.45) is 5.10 Å². The first kappa shape index (κ1) is 22.0. The molecule has 162 valence electrons. The fourth-order valence-electron chi connectivity index (χ4n) is 2.39. The number of benzene rings is 2. The lowest BCUT2D eigenvalue weighted by Gasteiger charge is -2.07. The maximum absolute atomic E-state index is 13.6. The Bertz CT molecular complexity index is 1100. The molecule has 0 aliphatic rings. The van der Waals surface area contributed by atoms with Crippen molar-refractivity contribution >= 4 is 35.0 Å². The number of anilines is 2. The summed E-state index contributed by atoms with van der Waals surface area (Å²) in [6.45, 7) is 1.81. The predicted molar refractivity (Wildman–Crippen MR) is 115 cm³/mol. The Morgan fingerprint density at radius 3 is 2.65 bits per heavy atom. The van der Waals surface area contributed by atoms with E-state index in [1.54, 1.807) is 14.0 Å². The van der Waals surface area contributed by atoms with Gasteiger partial charge in [-0.3, -0.25) is 4.79 Å². The monoisotopic (exact) mass is 447 g/mol. The number of aromatic nitrogens is 3. The number of hydrazone groups is 1. The van der Waals surface area contributed by atoms with Gasteiger partial charge in [-0.15, -0.1) is 10.2 Å². The van der Waals surface area contributed by atoms with E-state index in [9.17, 15) is 13.6 Å². The van der Waals surface area contributed by atoms with Crippen LogP contribution >= 0.6 is 11.8 Å². The molecule has 0 radical (unpaired) electrons. The molecule has 0 atom stereocenters. The second kappa shape index (κ2) is 9.89. The molecule has 1 aromatic heterocycles. The molecule has 0 spiro atoms. The van der Waals surface area contributed by atoms with Crippen molar-refractivity contribution in [3.8, 4) is 5.75 Å². The Kier molecular flexibility index (Phi) is 7.03. The Hall–Kier alpha value is -3.67. The second-order valence-corrected chi connectivity index (χ2v) is 7.12. The summed E-state index contributed by atoms with van der Waals surface area (Å²) in [5, 5.41) is 14.6. The summed E-state index contributed by atoms with van der Waals surface area (Å²) in [6.07, 6.45) is 0. The fourth-order valence-corrected chi connectivity index (χ4v) is 3.05. The highest BCUT2D eigenvalue weighted by atomic mass is 32.2. The van der Waals surface area contributed by atoms with Crippen molar-refractivity contribution < 1.29 is 18.3 Å². The second-order valence-electron chi connectivity index (χ2n) is 6.17. The smallest absolute Gasteiger partial charge is 0.264 e. The largest absolute Gasteiger partial charge is 0.497 e. The van der Waals surface area contributed by atoms with Crippen molar-refractivity contribution in [1.82, 2.24) is 14.9 Å². The molecule has 0 aliphatic heterocycles. The molecule has 3 aromatic rings. The number of methoxy groups -OCH3 is 1. The topological polar surface area (TPSA) is 119 Å². The highest BCUT2D eigenvalue weighted by molar-refractivity contribution is 7.99. The van der Waals surface area contributed by atoms with Crippen LogP contribution < -0.4 is 21.3 Å². The molecule has 0 saturated carbocycles. The van der Waals surface area contributed by atoms with E-state index in [-0.39, 0.29) is 22.5 Å². The number of carbonyl (C=O) groups excluding carboxylic acids is 1. The Labute approximate surface area is 180 Å². The number of nitrogen functional groups attached to an aromatic ring is 1. The number of hydrogen-bond acceptors (Lipinski definition) is 8. The van der Waals surface area contributed by atoms with Crippen LogP contribution in [-0.4, -0.2) is 39.4 Å². The van der Waals surface area contributed by atoms with E-state index in [1.165, 1.54) is 0 Å². The third kappa shape index (κ3) is 5.69. The standard InChI is InChI=1S/C19H19F2N7O2S/c1-11(12-3-6-14(30-2)7-4-12)24-25-18-26-27-19(28(18)22)31-10-17(29)23-16-8-5-13(20)9-15(16)21/h3-9H,10,22H2,1-2H3,(H,23,29)(H,25,26)/b24-11+. The Morgan fingerprint density at radius 2 is 1.97 bits per heavy atom. The zero-order valence-electron chi connectivity index (χ0n) is 16.6. The van der Waals surface area contributed by atoms with Gasteiger partial charge in [0, 0.05) is 6.07 Å². The van der Waals surface area contributed by atoms with Gasteiger partial charge in [-0.05, 0) is 48.9 Å². The van der Waals surface area contributed by atoms with Gasteiger partial charge in [0.25, 0.3) is 5.95 Å². The zero-order chi connectivity index (χ0) is 22.4. The Morgan fingerprint density at radius 1 is 1.23 bits per heavy atom. The molecule has 9 nitrogen and oxygen atoms in total. The highest BCUT2D eigenvalue weighted by Crippen LogP contribution is 2.19. The quantitative estimate of drug-likeness (QED) is 0.210. The first-order valence-corrected chi connectivity index (χ1v) is 9.89. The van der Waals surface area contributed by atoms with Crippen LogP contribution in [0.3, 0.4) is 0 Å². The summed E-state index contributed by atoms with van der Waals surface area (Å²) in [5.74, 6) is 4.62. The average molecular weight is 447 g/mol. The third-order valence-corrected chi connectivity index (χ3v) is 4.98. The number of nitrogens with zero attached hydrogens (tertiary/aromatic N) is 4. The molecule has 0 aliphatic carbocycles. The van der Waals surface area contributed by atoms with Gasteiger partial charge in [-0.2, -0.15) is 5.10 Å². The number of amides is 1. The molecular formula is C19H19F2N7O2S. The lowest BCUT2D eigenvalue weighted by Crippen LogP contribution is -2.17. The Balaban J connectivity index is 1.57. The highest BCUT2D eigenvalue weighted by Gasteiger charge is 2.13. The molecule has 2 aromatic carbocycles. The molecule has 1 amide bonds. The summed E-state index contributed by atoms with van der Waals surface area (Å²) in [7, 11) is 1.59. The lowest BCUT2D eigenvalue weighted by molar-refractivity contribution is -0.113. The number of rotatable bonds is 8. The number of thioether (sulfide) groups is 1. The van der Waals surface area contributed by atoms with Crippen molar-refractivity contribution in [3.63, 3.8) is 0 Å². The lowest BCUT2D eigenvalue weighted by atomic mass is 10.1. The van der Waals surface area contributed by atoms with E-state index in [4.69, 9.17) is 10.6 Å². The number of nitrogens with two attached hydrogens (primary N) is 1. The molecule has 0 unspecified atom stereocenters. The molecule has 4 N–H and O–H groups in total. The van der Waals surface area contributed by atoms with Crippen molar-refractivity contribution in [1.29, 1.82) is 0 Å². The maximum Gasteiger partial charge on any atom is 0.264 e. The number of halogens is 2. The summed E-state index contributed by atoms with van der Waals surface area (Å²) in [5.41, 5.74) is 4.16. The number of carbonyl (C=O) groups is 1. The van der Waals surface area contributed by atoms with Gasteiger partial charge in [-0.25, -0.2) is 18.9 Å². The molecule has 12 heteroatoms. The SMILES string of the molecule is COc1ccc(/C(C)=N/Nc2nnc(SCC(=O)Nc3ccc(F)cc3F)n2N)cc1. The molecule has 0 saturated heterocycles. The minimum Gasteiger partial charge on any atom is -0.497 e. The van der Waals surface area contributed by atoms with Gasteiger partial charge in [0.2, 0.25) is 11.1 Å². The van der Waals surface area contributed by atoms with Crippen LogP contribution in [0, 0.1) is 11.6 Å². The molecule has 0 fully saturated rings. The van der Waals surface area contributed by atoms with Crippen molar-refractivity contribution in [2.45, 2.75) is 12.1 Å². The molecule has 31 heavy (non-hydrogen) atoms. The van der Waals surface area contributed by atoms with Crippen LogP contribution in [0.25, 0.3) is 0 Å². The molecule has 1 heterocycles. The van der Waals surface area contributed by atoms with Gasteiger partial charge in [0.15, 0.2) is 0 Å². The molecule has 3 rings (SSSR count). The fraction of sp³-hybridized carbons (Fsp3) is 0.158. The van der Waals surface area contributed by atoms with Crippen LogP contribution in [0.4, 0.5) is 20.4 Å². The molecule has 0 bridgehead atoms. The number of nitrogens with one attached hydrogen (secondary N) is 2. The normalized spacial score (nSPS) is 11.3. The number of ether oxygens (including phenoxy) is 1. The minimum absolute atomic E-state index is 0.111. The zero-order valence-corrected chi connectivity index (χ0v) is 17.4. The van der Waals surface area contributed by atoms with Crippen LogP contribution in [-0.2, 0) is 4.79 Å². The first-order chi connectivity index (χ1) is 14.9. The van der Waals surface area contributed by atoms with E-state index in [0.717, 1.165) is 39.9 Å². The van der Waals surface area contributed by atoms with Crippen molar-refractivity contribution in [2.75, 3.05) is 29.4 Å². The summed E-state index contributed by atoms with van der Waals surface area (Å²) < 4.78 is 32.8. The minimum atomic E-state index is -0.864. The van der Waals surface area contributed by atoms with E-state index in [0.29, 0.717) is 11.8 Å². The predicted octanol–water partition coefficient (Wildman–Crippen LogP) is 2.85. The van der Waals surface area contributed by atoms with Crippen LogP contribution in [0.2, 0.25) is 0 Å². The van der Waals surface area contributed by atoms with Gasteiger partial charge in [0.05, 0.1) is 24.3 Å². The van der Waals surface area contributed by atoms with E-state index in [2.05, 4.69) is 26.0 Å². The third-order valence-electron chi connectivity index (χ3n) is 4.03. The first-order valence-electron chi connectivity index (χ1n) is 8.90. The molecular weight excluding hydrogens is 428 g/mol. The van der Waals surface area contributed by atoms with Crippen LogP contribution in [0.15, 0.2) is 52.7 Å². The summed E-state index contributed by atoms with van der Waals surface area (Å²) >= 11 is 0.992. The van der Waals surface area contributed by atoms with Crippen LogP contribution in [0.5, 0.6) is 5.75 Å².